The molecule has 1 saturated heterocycles. The minimum absolute atomic E-state index is 0.0413. The molecule has 1 heterocycles. The molecule has 0 saturated carbocycles. The summed E-state index contributed by atoms with van der Waals surface area (Å²) in [7, 11) is 0. The number of piperidine rings is 1. The predicted molar refractivity (Wildman–Crippen MR) is 138 cm³/mol. The number of aliphatic hydroxyl groups excluding tert-OH is 3. The number of hydrogen-bond donors (Lipinski definition) is 4. The van der Waals surface area contributed by atoms with Crippen molar-refractivity contribution in [3.63, 3.8) is 0 Å². The van der Waals surface area contributed by atoms with E-state index in [0.29, 0.717) is 5.56 Å². The summed E-state index contributed by atoms with van der Waals surface area (Å²) in [5, 5.41) is 33.3. The van der Waals surface area contributed by atoms with E-state index in [9.17, 15) is 20.1 Å². The monoisotopic (exact) mass is 488 g/mol. The topological polar surface area (TPSA) is 102 Å². The van der Waals surface area contributed by atoms with Crippen LogP contribution in [0.3, 0.4) is 0 Å². The molecule has 0 bridgehead atoms. The van der Waals surface area contributed by atoms with Gasteiger partial charge in [-0.2, -0.15) is 0 Å². The van der Waals surface area contributed by atoms with Crippen molar-refractivity contribution in [1.82, 2.24) is 5.32 Å². The number of alkyl carbamates (subject to hydrolysis) is 1. The third-order valence-corrected chi connectivity index (χ3v) is 7.23. The number of hydrogen-bond acceptors (Lipinski definition) is 6. The summed E-state index contributed by atoms with van der Waals surface area (Å²) in [6.07, 6.45) is -1.71. The second kappa shape index (κ2) is 10.7. The highest BCUT2D eigenvalue weighted by Gasteiger charge is 2.29. The number of carbonyl (C=O) groups excluding carboxylic acids is 1. The van der Waals surface area contributed by atoms with Crippen molar-refractivity contribution < 1.29 is 24.9 Å². The minimum atomic E-state index is -1.18. The Morgan fingerprint density at radius 3 is 2.11 bits per heavy atom. The quantitative estimate of drug-likeness (QED) is 0.406. The maximum atomic E-state index is 12.4. The number of nitrogens with one attached hydrogen (secondary N) is 1. The normalized spacial score (nSPS) is 17.2. The molecule has 5 rings (SSSR count). The Hall–Kier alpha value is -3.39. The van der Waals surface area contributed by atoms with Gasteiger partial charge in [-0.15, -0.1) is 0 Å². The molecule has 0 radical (unpaired) electrons. The Morgan fingerprint density at radius 2 is 1.50 bits per heavy atom. The highest BCUT2D eigenvalue weighted by atomic mass is 16.5. The summed E-state index contributed by atoms with van der Waals surface area (Å²) < 4.78 is 5.50. The fraction of sp³-hybridized carbons (Fsp3) is 0.345. The van der Waals surface area contributed by atoms with Gasteiger partial charge in [-0.05, 0) is 52.8 Å². The number of carbonyl (C=O) groups is 1. The average molecular weight is 489 g/mol. The van der Waals surface area contributed by atoms with E-state index in [1.165, 1.54) is 0 Å². The average Bonchev–Trinajstić information content (AvgIpc) is 3.24. The highest BCUT2D eigenvalue weighted by molar-refractivity contribution is 5.79. The Bertz CT molecular complexity index is 1140. The molecule has 1 aliphatic carbocycles. The lowest BCUT2D eigenvalue weighted by molar-refractivity contribution is 0.0185. The largest absolute Gasteiger partial charge is 0.449 e. The van der Waals surface area contributed by atoms with Gasteiger partial charge in [0.2, 0.25) is 0 Å². The molecule has 4 N–H and O–H groups in total. The molecule has 7 nitrogen and oxygen atoms in total. The van der Waals surface area contributed by atoms with E-state index < -0.39 is 18.3 Å². The van der Waals surface area contributed by atoms with Crippen molar-refractivity contribution in [2.24, 2.45) is 0 Å². The number of amides is 1. The molecule has 7 heteroatoms. The smallest absolute Gasteiger partial charge is 0.407 e. The number of anilines is 1. The van der Waals surface area contributed by atoms with E-state index >= 15 is 0 Å². The molecule has 2 aliphatic rings. The van der Waals surface area contributed by atoms with Gasteiger partial charge in [0.05, 0.1) is 6.10 Å². The van der Waals surface area contributed by atoms with Crippen LogP contribution in [0.15, 0.2) is 72.8 Å². The number of aliphatic hydroxyl groups is 3. The van der Waals surface area contributed by atoms with Crippen molar-refractivity contribution in [3.05, 3.63) is 89.5 Å². The Labute approximate surface area is 211 Å². The summed E-state index contributed by atoms with van der Waals surface area (Å²) in [5.41, 5.74) is 6.16. The Kier molecular flexibility index (Phi) is 7.23. The van der Waals surface area contributed by atoms with Crippen LogP contribution in [0.25, 0.3) is 11.1 Å². The summed E-state index contributed by atoms with van der Waals surface area (Å²) >= 11 is 0. The number of ether oxygens (including phenoxy) is 1. The summed E-state index contributed by atoms with van der Waals surface area (Å²) in [6.45, 7) is 1.63. The fourth-order valence-corrected chi connectivity index (χ4v) is 5.18. The molecule has 36 heavy (non-hydrogen) atoms. The molecule has 0 aromatic heterocycles. The summed E-state index contributed by atoms with van der Waals surface area (Å²) in [4.78, 5) is 14.6. The van der Waals surface area contributed by atoms with Gasteiger partial charge in [0.1, 0.15) is 18.8 Å². The lowest BCUT2D eigenvalue weighted by atomic mass is 9.98. The van der Waals surface area contributed by atoms with Crippen LogP contribution in [-0.4, -0.2) is 59.9 Å². The first-order valence-corrected chi connectivity index (χ1v) is 12.5. The van der Waals surface area contributed by atoms with Crippen LogP contribution in [0.2, 0.25) is 0 Å². The van der Waals surface area contributed by atoms with E-state index in [2.05, 4.69) is 34.5 Å². The molecule has 2 atom stereocenters. The fourth-order valence-electron chi connectivity index (χ4n) is 5.18. The van der Waals surface area contributed by atoms with Crippen LogP contribution >= 0.6 is 0 Å². The molecule has 3 aromatic carbocycles. The molecular weight excluding hydrogens is 456 g/mol. The molecule has 1 aliphatic heterocycles. The van der Waals surface area contributed by atoms with Crippen LogP contribution in [0.1, 0.15) is 41.6 Å². The van der Waals surface area contributed by atoms with Gasteiger partial charge in [-0.3, -0.25) is 0 Å². The van der Waals surface area contributed by atoms with Crippen LogP contribution in [0.5, 0.6) is 0 Å². The Morgan fingerprint density at radius 1 is 0.917 bits per heavy atom. The predicted octanol–water partition coefficient (Wildman–Crippen LogP) is 3.58. The summed E-state index contributed by atoms with van der Waals surface area (Å²) in [6, 6.07) is 23.6. The lowest BCUT2D eigenvalue weighted by Gasteiger charge is -2.31. The van der Waals surface area contributed by atoms with E-state index in [1.54, 1.807) is 12.1 Å². The zero-order chi connectivity index (χ0) is 25.1. The first-order valence-electron chi connectivity index (χ1n) is 12.5. The van der Waals surface area contributed by atoms with E-state index in [1.807, 2.05) is 36.4 Å². The minimum Gasteiger partial charge on any atom is -0.449 e. The molecule has 0 spiro atoms. The van der Waals surface area contributed by atoms with Crippen molar-refractivity contribution in [2.75, 3.05) is 31.1 Å². The first-order chi connectivity index (χ1) is 17.5. The number of rotatable bonds is 7. The van der Waals surface area contributed by atoms with Crippen LogP contribution < -0.4 is 10.2 Å². The zero-order valence-electron chi connectivity index (χ0n) is 20.1. The van der Waals surface area contributed by atoms with E-state index in [4.69, 9.17) is 4.74 Å². The highest BCUT2D eigenvalue weighted by Crippen LogP contribution is 2.44. The van der Waals surface area contributed by atoms with Crippen molar-refractivity contribution in [1.29, 1.82) is 0 Å². The second-order valence-corrected chi connectivity index (χ2v) is 9.53. The second-order valence-electron chi connectivity index (χ2n) is 9.53. The van der Waals surface area contributed by atoms with Crippen LogP contribution in [-0.2, 0) is 4.74 Å². The number of nitrogens with zero attached hydrogens (tertiary/aromatic N) is 1. The van der Waals surface area contributed by atoms with Crippen molar-refractivity contribution in [3.8, 4) is 11.1 Å². The van der Waals surface area contributed by atoms with Crippen molar-refractivity contribution >= 4 is 11.8 Å². The van der Waals surface area contributed by atoms with Gasteiger partial charge in [-0.1, -0.05) is 60.7 Å². The third-order valence-electron chi connectivity index (χ3n) is 7.23. The van der Waals surface area contributed by atoms with Gasteiger partial charge in [0, 0.05) is 31.2 Å². The van der Waals surface area contributed by atoms with Gasteiger partial charge in [0.25, 0.3) is 0 Å². The maximum Gasteiger partial charge on any atom is 0.407 e. The molecule has 188 valence electrons. The first kappa shape index (κ1) is 24.3. The molecular formula is C29H32N2O5. The van der Waals surface area contributed by atoms with Crippen molar-refractivity contribution in [2.45, 2.75) is 37.1 Å². The van der Waals surface area contributed by atoms with Gasteiger partial charge >= 0.3 is 6.09 Å². The van der Waals surface area contributed by atoms with Gasteiger partial charge in [-0.25, -0.2) is 4.79 Å². The number of benzene rings is 3. The third kappa shape index (κ3) is 5.09. The summed E-state index contributed by atoms with van der Waals surface area (Å²) in [5.74, 6) is -0.0413. The molecule has 1 fully saturated rings. The zero-order valence-corrected chi connectivity index (χ0v) is 20.1. The molecule has 1 amide bonds. The van der Waals surface area contributed by atoms with Gasteiger partial charge in [0.15, 0.2) is 0 Å². The maximum absolute atomic E-state index is 12.4. The van der Waals surface area contributed by atoms with Gasteiger partial charge < -0.3 is 30.3 Å². The van der Waals surface area contributed by atoms with Crippen LogP contribution in [0.4, 0.5) is 10.5 Å². The van der Waals surface area contributed by atoms with E-state index in [0.717, 1.165) is 53.9 Å². The Balaban J connectivity index is 1.12. The lowest BCUT2D eigenvalue weighted by Crippen LogP contribution is -2.36. The van der Waals surface area contributed by atoms with Crippen LogP contribution in [0, 0.1) is 0 Å². The number of fused-ring (bicyclic) bond motifs is 3. The molecule has 3 aromatic rings. The SMILES string of the molecule is O=C(NCC(O)C(O)c1ccc(N2CCC(O)CC2)cc1)OCC1c2ccccc2-c2ccccc21. The molecule has 2 unspecified atom stereocenters. The standard InChI is InChI=1S/C29H32N2O5/c32-21-13-15-31(16-14-21)20-11-9-19(10-12-20)28(34)27(33)17-30-29(35)36-18-26-24-7-3-1-5-22(24)23-6-2-4-8-25(23)26/h1-12,21,26-28,32-34H,13-18H2,(H,30,35). The van der Waals surface area contributed by atoms with E-state index in [-0.39, 0.29) is 25.2 Å².